The van der Waals surface area contributed by atoms with Crippen molar-refractivity contribution in [3.05, 3.63) is 29.8 Å². The molecule has 2 saturated carbocycles. The summed E-state index contributed by atoms with van der Waals surface area (Å²) in [7, 11) is 0. The van der Waals surface area contributed by atoms with E-state index in [9.17, 15) is 4.79 Å². The minimum Gasteiger partial charge on any atom is -0.493 e. The summed E-state index contributed by atoms with van der Waals surface area (Å²) in [4.78, 5) is 12.5. The first-order chi connectivity index (χ1) is 10.2. The third kappa shape index (κ3) is 2.92. The fourth-order valence-electron chi connectivity index (χ4n) is 4.23. The van der Waals surface area contributed by atoms with Crippen molar-refractivity contribution in [3.63, 3.8) is 0 Å². The molecule has 0 spiro atoms. The Labute approximate surface area is 127 Å². The van der Waals surface area contributed by atoms with E-state index in [0.29, 0.717) is 23.8 Å². The lowest BCUT2D eigenvalue weighted by molar-refractivity contribution is 0.0911. The second-order valence-corrected chi connectivity index (χ2v) is 6.53. The van der Waals surface area contributed by atoms with Gasteiger partial charge in [0, 0.05) is 6.04 Å². The first kappa shape index (κ1) is 14.4. The van der Waals surface area contributed by atoms with Gasteiger partial charge in [0.2, 0.25) is 0 Å². The summed E-state index contributed by atoms with van der Waals surface area (Å²) in [6.07, 6.45) is 5.42. The van der Waals surface area contributed by atoms with Crippen molar-refractivity contribution >= 4 is 5.91 Å². The first-order valence-corrected chi connectivity index (χ1v) is 8.21. The number of carbonyl (C=O) groups is 1. The van der Waals surface area contributed by atoms with Crippen molar-refractivity contribution in [2.45, 2.75) is 45.6 Å². The Kier molecular flexibility index (Phi) is 4.18. The molecule has 2 bridgehead atoms. The van der Waals surface area contributed by atoms with Gasteiger partial charge in [0.25, 0.3) is 5.91 Å². The molecule has 3 rings (SSSR count). The molecule has 0 saturated heterocycles. The van der Waals surface area contributed by atoms with Crippen LogP contribution in [0.25, 0.3) is 0 Å². The van der Waals surface area contributed by atoms with Crippen LogP contribution < -0.4 is 10.1 Å². The van der Waals surface area contributed by atoms with Crippen LogP contribution in [0, 0.1) is 17.8 Å². The molecule has 0 radical (unpaired) electrons. The number of para-hydroxylation sites is 1. The number of hydrogen-bond donors (Lipinski definition) is 1. The molecular weight excluding hydrogens is 262 g/mol. The normalized spacial score (nSPS) is 28.4. The Hall–Kier alpha value is -1.51. The monoisotopic (exact) mass is 287 g/mol. The van der Waals surface area contributed by atoms with Crippen molar-refractivity contribution in [1.82, 2.24) is 5.32 Å². The van der Waals surface area contributed by atoms with Crippen molar-refractivity contribution in [3.8, 4) is 5.75 Å². The van der Waals surface area contributed by atoms with Gasteiger partial charge in [-0.1, -0.05) is 18.6 Å². The maximum absolute atomic E-state index is 12.5. The molecule has 0 heterocycles. The van der Waals surface area contributed by atoms with Crippen LogP contribution in [0.2, 0.25) is 0 Å². The molecule has 3 heteroatoms. The van der Waals surface area contributed by atoms with Crippen LogP contribution in [0.15, 0.2) is 24.3 Å². The van der Waals surface area contributed by atoms with Crippen LogP contribution >= 0.6 is 0 Å². The van der Waals surface area contributed by atoms with E-state index >= 15 is 0 Å². The number of rotatable bonds is 5. The summed E-state index contributed by atoms with van der Waals surface area (Å²) in [5.41, 5.74) is 0.648. The zero-order valence-electron chi connectivity index (χ0n) is 13.0. The molecule has 21 heavy (non-hydrogen) atoms. The van der Waals surface area contributed by atoms with Crippen molar-refractivity contribution in [2.24, 2.45) is 17.8 Å². The molecule has 0 aromatic heterocycles. The average Bonchev–Trinajstić information content (AvgIpc) is 3.10. The number of benzene rings is 1. The van der Waals surface area contributed by atoms with Crippen LogP contribution in [0.1, 0.15) is 49.9 Å². The van der Waals surface area contributed by atoms with Gasteiger partial charge in [-0.25, -0.2) is 0 Å². The van der Waals surface area contributed by atoms with E-state index in [1.807, 2.05) is 31.2 Å². The third-order valence-corrected chi connectivity index (χ3v) is 5.23. The number of fused-ring (bicyclic) bond motifs is 2. The van der Waals surface area contributed by atoms with E-state index in [-0.39, 0.29) is 11.9 Å². The SMILES string of the molecule is CCOc1ccccc1C(=O)N[C@@H](C)[C@H]1C[C@H]2CC[C@H]1C2. The highest BCUT2D eigenvalue weighted by atomic mass is 16.5. The third-order valence-electron chi connectivity index (χ3n) is 5.23. The first-order valence-electron chi connectivity index (χ1n) is 8.21. The van der Waals surface area contributed by atoms with Gasteiger partial charge in [0.1, 0.15) is 5.75 Å². The van der Waals surface area contributed by atoms with Gasteiger partial charge < -0.3 is 10.1 Å². The average molecular weight is 287 g/mol. The number of amides is 1. The van der Waals surface area contributed by atoms with Gasteiger partial charge in [-0.3, -0.25) is 4.79 Å². The lowest BCUT2D eigenvalue weighted by Crippen LogP contribution is -2.40. The van der Waals surface area contributed by atoms with Crippen molar-refractivity contribution in [1.29, 1.82) is 0 Å². The van der Waals surface area contributed by atoms with Crippen molar-refractivity contribution < 1.29 is 9.53 Å². The highest BCUT2D eigenvalue weighted by molar-refractivity contribution is 5.97. The Balaban J connectivity index is 1.66. The lowest BCUT2D eigenvalue weighted by Gasteiger charge is -2.28. The molecule has 1 amide bonds. The lowest BCUT2D eigenvalue weighted by atomic mass is 9.84. The van der Waals surface area contributed by atoms with E-state index in [0.717, 1.165) is 11.8 Å². The summed E-state index contributed by atoms with van der Waals surface area (Å²) in [6, 6.07) is 7.75. The molecule has 114 valence electrons. The largest absolute Gasteiger partial charge is 0.493 e. The van der Waals surface area contributed by atoms with E-state index in [1.165, 1.54) is 25.7 Å². The molecule has 2 aliphatic rings. The maximum atomic E-state index is 12.5. The molecule has 2 fully saturated rings. The molecule has 2 aliphatic carbocycles. The Morgan fingerprint density at radius 1 is 1.33 bits per heavy atom. The van der Waals surface area contributed by atoms with E-state index in [1.54, 1.807) is 0 Å². The second-order valence-electron chi connectivity index (χ2n) is 6.53. The smallest absolute Gasteiger partial charge is 0.255 e. The summed E-state index contributed by atoms with van der Waals surface area (Å²) in [5.74, 6) is 3.07. The predicted octanol–water partition coefficient (Wildman–Crippen LogP) is 3.64. The van der Waals surface area contributed by atoms with Crippen LogP contribution in [-0.2, 0) is 0 Å². The van der Waals surface area contributed by atoms with Crippen LogP contribution in [-0.4, -0.2) is 18.6 Å². The van der Waals surface area contributed by atoms with Crippen molar-refractivity contribution in [2.75, 3.05) is 6.61 Å². The Morgan fingerprint density at radius 3 is 2.81 bits per heavy atom. The van der Waals surface area contributed by atoms with Gasteiger partial charge in [-0.15, -0.1) is 0 Å². The van der Waals surface area contributed by atoms with Gasteiger partial charge in [-0.2, -0.15) is 0 Å². The van der Waals surface area contributed by atoms with Gasteiger partial charge in [-0.05, 0) is 63.0 Å². The quantitative estimate of drug-likeness (QED) is 0.898. The molecule has 0 aliphatic heterocycles. The van der Waals surface area contributed by atoms with Gasteiger partial charge in [0.05, 0.1) is 12.2 Å². The zero-order chi connectivity index (χ0) is 14.8. The molecule has 0 unspecified atom stereocenters. The van der Waals surface area contributed by atoms with E-state index < -0.39 is 0 Å². The fourth-order valence-corrected chi connectivity index (χ4v) is 4.23. The summed E-state index contributed by atoms with van der Waals surface area (Å²) < 4.78 is 5.55. The molecule has 1 aromatic carbocycles. The predicted molar refractivity (Wildman–Crippen MR) is 83.5 cm³/mol. The molecule has 4 atom stereocenters. The summed E-state index contributed by atoms with van der Waals surface area (Å²) in [6.45, 7) is 4.67. The maximum Gasteiger partial charge on any atom is 0.255 e. The van der Waals surface area contributed by atoms with E-state index in [2.05, 4.69) is 12.2 Å². The molecule has 1 aromatic rings. The number of nitrogens with one attached hydrogen (secondary N) is 1. The van der Waals surface area contributed by atoms with E-state index in [4.69, 9.17) is 4.74 Å². The van der Waals surface area contributed by atoms with Crippen LogP contribution in [0.4, 0.5) is 0 Å². The van der Waals surface area contributed by atoms with Gasteiger partial charge in [0.15, 0.2) is 0 Å². The highest BCUT2D eigenvalue weighted by Gasteiger charge is 2.42. The Morgan fingerprint density at radius 2 is 2.14 bits per heavy atom. The minimum atomic E-state index is -0.00526. The Bertz CT molecular complexity index is 514. The van der Waals surface area contributed by atoms with Crippen LogP contribution in [0.3, 0.4) is 0 Å². The van der Waals surface area contributed by atoms with Crippen LogP contribution in [0.5, 0.6) is 5.75 Å². The molecule has 3 nitrogen and oxygen atoms in total. The highest BCUT2D eigenvalue weighted by Crippen LogP contribution is 2.49. The summed E-state index contributed by atoms with van der Waals surface area (Å²) in [5, 5.41) is 3.20. The number of carbonyl (C=O) groups excluding carboxylic acids is 1. The number of hydrogen-bond acceptors (Lipinski definition) is 2. The minimum absolute atomic E-state index is 0.00526. The zero-order valence-corrected chi connectivity index (χ0v) is 13.0. The topological polar surface area (TPSA) is 38.3 Å². The second kappa shape index (κ2) is 6.08. The molecular formula is C18H25NO2. The molecule has 1 N–H and O–H groups in total. The van der Waals surface area contributed by atoms with Gasteiger partial charge >= 0.3 is 0 Å². The number of ether oxygens (including phenoxy) is 1. The fraction of sp³-hybridized carbons (Fsp3) is 0.611. The standard InChI is InChI=1S/C18H25NO2/c1-3-21-17-7-5-4-6-15(17)18(20)19-12(2)16-11-13-8-9-14(16)10-13/h4-7,12-14,16H,3,8-11H2,1-2H3,(H,19,20)/t12-,13-,14-,16+/m0/s1. The summed E-state index contributed by atoms with van der Waals surface area (Å²) >= 11 is 0.